The van der Waals surface area contributed by atoms with Gasteiger partial charge in [-0.15, -0.1) is 0 Å². The number of ether oxygens (including phenoxy) is 3. The predicted octanol–water partition coefficient (Wildman–Crippen LogP) is 2.61. The number of amidine groups is 2. The Morgan fingerprint density at radius 2 is 1.87 bits per heavy atom. The summed E-state index contributed by atoms with van der Waals surface area (Å²) in [7, 11) is 4.91. The van der Waals surface area contributed by atoms with Crippen LogP contribution in [-0.4, -0.2) is 56.3 Å². The number of amides is 1. The molecule has 1 aliphatic rings. The average Bonchev–Trinajstić information content (AvgIpc) is 2.72. The van der Waals surface area contributed by atoms with Crippen molar-refractivity contribution in [3.63, 3.8) is 0 Å². The number of nitrogens with one attached hydrogen (secondary N) is 1. The maximum absolute atomic E-state index is 12.3. The van der Waals surface area contributed by atoms with Gasteiger partial charge >= 0.3 is 6.02 Å². The van der Waals surface area contributed by atoms with Crippen LogP contribution >= 0.6 is 0 Å². The summed E-state index contributed by atoms with van der Waals surface area (Å²) >= 11 is 0. The summed E-state index contributed by atoms with van der Waals surface area (Å²) in [6, 6.07) is 10.4. The zero-order valence-corrected chi connectivity index (χ0v) is 17.9. The lowest BCUT2D eigenvalue weighted by Gasteiger charge is -2.16. The van der Waals surface area contributed by atoms with Crippen LogP contribution in [0.25, 0.3) is 0 Å². The molecule has 9 nitrogen and oxygen atoms in total. The Labute approximate surface area is 180 Å². The van der Waals surface area contributed by atoms with Gasteiger partial charge in [-0.2, -0.15) is 4.99 Å². The predicted molar refractivity (Wildman–Crippen MR) is 119 cm³/mol. The van der Waals surface area contributed by atoms with E-state index in [1.807, 2.05) is 19.1 Å². The lowest BCUT2D eigenvalue weighted by atomic mass is 10.1. The molecule has 0 fully saturated rings. The number of hydrogen-bond donors (Lipinski definition) is 2. The first-order valence-electron chi connectivity index (χ1n) is 9.60. The van der Waals surface area contributed by atoms with Crippen molar-refractivity contribution >= 4 is 23.7 Å². The zero-order valence-electron chi connectivity index (χ0n) is 17.9. The standard InChI is InChI=1S/C22H25N5O4/c1-13-9-15(21(28)27(2)3)11-16(10-13)30-19-7-8-25-22(26-19)31-18-12-14(20(23)24)5-6-17(18)29-4/h5-6,9-12H,7-8H2,1-4H3,(H3,23,24). The van der Waals surface area contributed by atoms with E-state index in [9.17, 15) is 4.79 Å². The molecule has 1 aliphatic heterocycles. The maximum Gasteiger partial charge on any atom is 0.320 e. The molecule has 0 atom stereocenters. The molecule has 3 rings (SSSR count). The molecule has 1 amide bonds. The van der Waals surface area contributed by atoms with Crippen molar-refractivity contribution in [3.05, 3.63) is 53.1 Å². The molecule has 2 aromatic carbocycles. The first kappa shape index (κ1) is 21.8. The Morgan fingerprint density at radius 1 is 1.10 bits per heavy atom. The molecule has 9 heteroatoms. The topological polar surface area (TPSA) is 123 Å². The third-order valence-corrected chi connectivity index (χ3v) is 4.41. The maximum atomic E-state index is 12.3. The van der Waals surface area contributed by atoms with Crippen molar-refractivity contribution in [2.24, 2.45) is 15.7 Å². The number of nitrogens with two attached hydrogens (primary N) is 1. The molecular formula is C22H25N5O4. The highest BCUT2D eigenvalue weighted by Gasteiger charge is 2.17. The van der Waals surface area contributed by atoms with Crippen molar-refractivity contribution in [1.29, 1.82) is 5.41 Å². The molecule has 31 heavy (non-hydrogen) atoms. The van der Waals surface area contributed by atoms with Gasteiger partial charge in [0.1, 0.15) is 11.6 Å². The fourth-order valence-corrected chi connectivity index (χ4v) is 2.92. The summed E-state index contributed by atoms with van der Waals surface area (Å²) in [5.41, 5.74) is 7.49. The van der Waals surface area contributed by atoms with E-state index in [4.69, 9.17) is 25.4 Å². The van der Waals surface area contributed by atoms with E-state index < -0.39 is 0 Å². The van der Waals surface area contributed by atoms with E-state index in [1.54, 1.807) is 38.4 Å². The van der Waals surface area contributed by atoms with Gasteiger partial charge in [0, 0.05) is 31.6 Å². The number of carbonyl (C=O) groups is 1. The Bertz CT molecular complexity index is 1080. The number of methoxy groups -OCH3 is 1. The Hall–Kier alpha value is -3.88. The van der Waals surface area contributed by atoms with Gasteiger partial charge < -0.3 is 24.8 Å². The van der Waals surface area contributed by atoms with Gasteiger partial charge in [-0.3, -0.25) is 10.2 Å². The van der Waals surface area contributed by atoms with Crippen LogP contribution in [0.15, 0.2) is 46.4 Å². The second-order valence-electron chi connectivity index (χ2n) is 7.14. The van der Waals surface area contributed by atoms with Crippen LogP contribution < -0.4 is 19.9 Å². The van der Waals surface area contributed by atoms with Crippen molar-refractivity contribution in [2.45, 2.75) is 13.3 Å². The monoisotopic (exact) mass is 423 g/mol. The van der Waals surface area contributed by atoms with Gasteiger partial charge in [-0.25, -0.2) is 4.99 Å². The molecule has 0 saturated carbocycles. The number of carbonyl (C=O) groups excluding carboxylic acids is 1. The fourth-order valence-electron chi connectivity index (χ4n) is 2.92. The normalized spacial score (nSPS) is 13.0. The molecule has 0 aromatic heterocycles. The number of benzene rings is 2. The largest absolute Gasteiger partial charge is 0.493 e. The zero-order chi connectivity index (χ0) is 22.5. The summed E-state index contributed by atoms with van der Waals surface area (Å²) in [4.78, 5) is 22.4. The fraction of sp³-hybridized carbons (Fsp3) is 0.273. The van der Waals surface area contributed by atoms with Gasteiger partial charge in [-0.1, -0.05) is 0 Å². The van der Waals surface area contributed by atoms with Crippen LogP contribution in [0.5, 0.6) is 17.2 Å². The van der Waals surface area contributed by atoms with Gasteiger partial charge in [0.25, 0.3) is 5.91 Å². The number of aryl methyl sites for hydroxylation is 1. The summed E-state index contributed by atoms with van der Waals surface area (Å²) < 4.78 is 17.0. The van der Waals surface area contributed by atoms with Crippen LogP contribution in [0.2, 0.25) is 0 Å². The van der Waals surface area contributed by atoms with Crippen molar-refractivity contribution in [2.75, 3.05) is 27.7 Å². The molecule has 0 aliphatic carbocycles. The highest BCUT2D eigenvalue weighted by Crippen LogP contribution is 2.29. The van der Waals surface area contributed by atoms with Crippen LogP contribution in [0, 0.1) is 12.3 Å². The first-order chi connectivity index (χ1) is 14.8. The lowest BCUT2D eigenvalue weighted by Crippen LogP contribution is -2.23. The summed E-state index contributed by atoms with van der Waals surface area (Å²) in [5.74, 6) is 1.53. The summed E-state index contributed by atoms with van der Waals surface area (Å²) in [5, 5.41) is 7.60. The number of hydrogen-bond acceptors (Lipinski definition) is 7. The third-order valence-electron chi connectivity index (χ3n) is 4.41. The van der Waals surface area contributed by atoms with E-state index in [0.717, 1.165) is 5.56 Å². The summed E-state index contributed by atoms with van der Waals surface area (Å²) in [6.07, 6.45) is 0.488. The van der Waals surface area contributed by atoms with Crippen molar-refractivity contribution < 1.29 is 19.0 Å². The minimum absolute atomic E-state index is 0.0897. The number of aliphatic imine (C=N–C) groups is 2. The average molecular weight is 423 g/mol. The molecule has 0 spiro atoms. The minimum Gasteiger partial charge on any atom is -0.493 e. The van der Waals surface area contributed by atoms with Crippen molar-refractivity contribution in [1.82, 2.24) is 4.90 Å². The highest BCUT2D eigenvalue weighted by atomic mass is 16.5. The van der Waals surface area contributed by atoms with Crippen molar-refractivity contribution in [3.8, 4) is 17.2 Å². The molecule has 0 radical (unpaired) electrons. The second-order valence-corrected chi connectivity index (χ2v) is 7.14. The lowest BCUT2D eigenvalue weighted by molar-refractivity contribution is 0.0827. The molecule has 162 valence electrons. The highest BCUT2D eigenvalue weighted by molar-refractivity contribution is 5.97. The van der Waals surface area contributed by atoms with Gasteiger partial charge in [0.15, 0.2) is 11.5 Å². The number of nitrogen functional groups attached to an aromatic ring is 1. The van der Waals surface area contributed by atoms with Gasteiger partial charge in [0.05, 0.1) is 13.7 Å². The molecule has 3 N–H and O–H groups in total. The Kier molecular flexibility index (Phi) is 6.54. The van der Waals surface area contributed by atoms with E-state index in [-0.39, 0.29) is 17.8 Å². The quantitative estimate of drug-likeness (QED) is 0.565. The van der Waals surface area contributed by atoms with E-state index in [2.05, 4.69) is 9.98 Å². The Balaban J connectivity index is 1.81. The van der Waals surface area contributed by atoms with Crippen LogP contribution in [0.4, 0.5) is 0 Å². The van der Waals surface area contributed by atoms with E-state index in [1.165, 1.54) is 12.0 Å². The number of nitrogens with zero attached hydrogens (tertiary/aromatic N) is 3. The van der Waals surface area contributed by atoms with E-state index in [0.29, 0.717) is 47.2 Å². The first-order valence-corrected chi connectivity index (χ1v) is 9.60. The molecule has 0 unspecified atom stereocenters. The minimum atomic E-state index is -0.109. The smallest absolute Gasteiger partial charge is 0.320 e. The SMILES string of the molecule is COc1ccc(C(=N)N)cc1OC1=NCCC(Oc2cc(C)cc(C(=O)N(C)C)c2)=N1. The van der Waals surface area contributed by atoms with Crippen LogP contribution in [0.1, 0.15) is 27.9 Å². The molecule has 0 saturated heterocycles. The van der Waals surface area contributed by atoms with Crippen LogP contribution in [-0.2, 0) is 0 Å². The van der Waals surface area contributed by atoms with Gasteiger partial charge in [-0.05, 0) is 48.9 Å². The second kappa shape index (κ2) is 9.29. The molecule has 2 aromatic rings. The molecule has 1 heterocycles. The third kappa shape index (κ3) is 5.39. The summed E-state index contributed by atoms with van der Waals surface area (Å²) in [6.45, 7) is 2.32. The molecule has 0 bridgehead atoms. The number of rotatable bonds is 5. The van der Waals surface area contributed by atoms with Crippen LogP contribution in [0.3, 0.4) is 0 Å². The Morgan fingerprint density at radius 3 is 2.55 bits per heavy atom. The molecular weight excluding hydrogens is 398 g/mol. The van der Waals surface area contributed by atoms with E-state index >= 15 is 0 Å². The van der Waals surface area contributed by atoms with Gasteiger partial charge in [0.2, 0.25) is 5.90 Å².